The van der Waals surface area contributed by atoms with Crippen molar-refractivity contribution < 1.29 is 23.1 Å². The molecule has 2 heterocycles. The molecule has 0 bridgehead atoms. The van der Waals surface area contributed by atoms with Gasteiger partial charge in [0.2, 0.25) is 5.78 Å². The van der Waals surface area contributed by atoms with Crippen molar-refractivity contribution in [3.05, 3.63) is 29.8 Å². The second-order valence-electron chi connectivity index (χ2n) is 4.58. The first kappa shape index (κ1) is 17.6. The minimum Gasteiger partial charge on any atom is -0.461 e. The topological polar surface area (TPSA) is 92.0 Å². The first-order valence-electron chi connectivity index (χ1n) is 7.41. The van der Waals surface area contributed by atoms with E-state index in [1.54, 1.807) is 37.4 Å². The van der Waals surface area contributed by atoms with Crippen LogP contribution in [0, 0.1) is 0 Å². The molecule has 0 aliphatic heterocycles. The molecule has 0 fully saturated rings. The Kier molecular flexibility index (Phi) is 5.87. The summed E-state index contributed by atoms with van der Waals surface area (Å²) in [7, 11) is -3.23. The van der Waals surface area contributed by atoms with Crippen molar-refractivity contribution in [3.63, 3.8) is 0 Å². The fraction of sp³-hybridized carbons (Fsp3) is 0.500. The minimum absolute atomic E-state index is 0.0484. The van der Waals surface area contributed by atoms with E-state index in [0.29, 0.717) is 11.5 Å². The molecule has 2 aromatic rings. The zero-order valence-corrected chi connectivity index (χ0v) is 14.3. The Hall–Kier alpha value is -1.76. The molecule has 8 nitrogen and oxygen atoms in total. The van der Waals surface area contributed by atoms with E-state index >= 15 is 0 Å². The van der Waals surface area contributed by atoms with E-state index in [1.165, 1.54) is 6.20 Å². The van der Waals surface area contributed by atoms with Crippen molar-refractivity contribution in [2.24, 2.45) is 0 Å². The number of ether oxygens (including phenoxy) is 1. The third-order valence-corrected chi connectivity index (χ3v) is 4.89. The number of rotatable bonds is 8. The van der Waals surface area contributed by atoms with Crippen LogP contribution in [0.15, 0.2) is 18.5 Å². The average Bonchev–Trinajstić information content (AvgIpc) is 2.91. The lowest BCUT2D eigenvalue weighted by Gasteiger charge is -2.16. The van der Waals surface area contributed by atoms with Crippen molar-refractivity contribution in [1.82, 2.24) is 14.4 Å². The van der Waals surface area contributed by atoms with Gasteiger partial charge in [0.1, 0.15) is 0 Å². The highest BCUT2D eigenvalue weighted by molar-refractivity contribution is 7.53. The zero-order valence-electron chi connectivity index (χ0n) is 13.4. The Labute approximate surface area is 134 Å². The van der Waals surface area contributed by atoms with Crippen LogP contribution in [-0.2, 0) is 24.5 Å². The maximum Gasteiger partial charge on any atom is 0.358 e. The van der Waals surface area contributed by atoms with Crippen LogP contribution in [0.4, 0.5) is 0 Å². The second kappa shape index (κ2) is 7.68. The molecule has 2 aromatic heterocycles. The van der Waals surface area contributed by atoms with E-state index in [2.05, 4.69) is 9.97 Å². The van der Waals surface area contributed by atoms with Crippen LogP contribution in [0.25, 0.3) is 5.78 Å². The van der Waals surface area contributed by atoms with Gasteiger partial charge >= 0.3 is 13.6 Å². The van der Waals surface area contributed by atoms with E-state index < -0.39 is 13.6 Å². The van der Waals surface area contributed by atoms with E-state index in [9.17, 15) is 9.36 Å². The zero-order chi connectivity index (χ0) is 16.9. The van der Waals surface area contributed by atoms with Crippen molar-refractivity contribution in [2.75, 3.05) is 19.8 Å². The molecule has 0 spiro atoms. The van der Waals surface area contributed by atoms with Crippen LogP contribution < -0.4 is 0 Å². The number of carbonyl (C=O) groups excluding carboxylic acids is 1. The summed E-state index contributed by atoms with van der Waals surface area (Å²) < 4.78 is 29.5. The summed E-state index contributed by atoms with van der Waals surface area (Å²) >= 11 is 0. The summed E-state index contributed by atoms with van der Waals surface area (Å²) in [4.78, 5) is 20.1. The largest absolute Gasteiger partial charge is 0.461 e. The normalized spacial score (nSPS) is 11.8. The number of hydrogen-bond acceptors (Lipinski definition) is 7. The molecule has 2 rings (SSSR count). The van der Waals surface area contributed by atoms with Crippen LogP contribution in [0.5, 0.6) is 0 Å². The number of nitrogens with zero attached hydrogens (tertiary/aromatic N) is 3. The van der Waals surface area contributed by atoms with Gasteiger partial charge in [-0.2, -0.15) is 0 Å². The van der Waals surface area contributed by atoms with E-state index in [1.807, 2.05) is 0 Å². The second-order valence-corrected chi connectivity index (χ2v) is 6.63. The van der Waals surface area contributed by atoms with E-state index in [0.717, 1.165) is 0 Å². The van der Waals surface area contributed by atoms with Gasteiger partial charge in [0.15, 0.2) is 5.69 Å². The number of carbonyl (C=O) groups is 1. The van der Waals surface area contributed by atoms with E-state index in [4.69, 9.17) is 13.8 Å². The maximum atomic E-state index is 12.5. The SMILES string of the molecule is CCOC(=O)c1cn2ccc(CP(=O)(OCC)OCC)nc2n1. The molecule has 0 radical (unpaired) electrons. The lowest BCUT2D eigenvalue weighted by atomic mass is 10.4. The monoisotopic (exact) mass is 341 g/mol. The standard InChI is InChI=1S/C14H20N3O5P/c1-4-20-13(18)12-9-17-8-7-11(15-14(17)16-12)10-23(19,21-5-2)22-6-3/h7-9H,4-6,10H2,1-3H3. The number of aromatic nitrogens is 3. The van der Waals surface area contributed by atoms with Crippen molar-refractivity contribution in [2.45, 2.75) is 26.9 Å². The summed E-state index contributed by atoms with van der Waals surface area (Å²) in [5, 5.41) is 0. The molecule has 126 valence electrons. The molecular formula is C14H20N3O5P. The van der Waals surface area contributed by atoms with Crippen LogP contribution in [0.1, 0.15) is 37.0 Å². The molecular weight excluding hydrogens is 321 g/mol. The van der Waals surface area contributed by atoms with Gasteiger partial charge in [-0.3, -0.25) is 8.97 Å². The fourth-order valence-corrected chi connectivity index (χ4v) is 3.64. The lowest BCUT2D eigenvalue weighted by molar-refractivity contribution is 0.0520. The van der Waals surface area contributed by atoms with Crippen molar-refractivity contribution in [3.8, 4) is 0 Å². The Morgan fingerprint density at radius 1 is 1.17 bits per heavy atom. The fourth-order valence-electron chi connectivity index (χ4n) is 2.02. The highest BCUT2D eigenvalue weighted by Crippen LogP contribution is 2.50. The van der Waals surface area contributed by atoms with Crippen LogP contribution in [-0.4, -0.2) is 40.2 Å². The molecule has 0 unspecified atom stereocenters. The third kappa shape index (κ3) is 4.37. The Bertz CT molecular complexity index is 720. The molecule has 0 aliphatic rings. The van der Waals surface area contributed by atoms with Crippen LogP contribution >= 0.6 is 7.60 Å². The highest BCUT2D eigenvalue weighted by Gasteiger charge is 2.25. The van der Waals surface area contributed by atoms with Gasteiger partial charge in [-0.25, -0.2) is 14.8 Å². The molecule has 0 aromatic carbocycles. The molecule has 0 aliphatic carbocycles. The summed E-state index contributed by atoms with van der Waals surface area (Å²) in [6, 6.07) is 1.69. The number of imidazole rings is 1. The molecule has 0 saturated heterocycles. The quantitative estimate of drug-likeness (QED) is 0.538. The van der Waals surface area contributed by atoms with E-state index in [-0.39, 0.29) is 31.7 Å². The predicted octanol–water partition coefficient (Wildman–Crippen LogP) is 2.67. The third-order valence-electron chi connectivity index (χ3n) is 2.88. The van der Waals surface area contributed by atoms with Crippen molar-refractivity contribution in [1.29, 1.82) is 0 Å². The Balaban J connectivity index is 2.25. The lowest BCUT2D eigenvalue weighted by Crippen LogP contribution is -2.04. The first-order valence-corrected chi connectivity index (χ1v) is 9.14. The molecule has 0 saturated carbocycles. The Morgan fingerprint density at radius 2 is 1.87 bits per heavy atom. The van der Waals surface area contributed by atoms with Gasteiger partial charge in [0.25, 0.3) is 0 Å². The smallest absolute Gasteiger partial charge is 0.358 e. The van der Waals surface area contributed by atoms with Gasteiger partial charge in [-0.05, 0) is 26.8 Å². The van der Waals surface area contributed by atoms with Gasteiger partial charge in [-0.1, -0.05) is 0 Å². The minimum atomic E-state index is -3.23. The summed E-state index contributed by atoms with van der Waals surface area (Å²) in [6.45, 7) is 6.08. The van der Waals surface area contributed by atoms with Crippen LogP contribution in [0.3, 0.4) is 0 Å². The maximum absolute atomic E-state index is 12.5. The molecule has 9 heteroatoms. The molecule has 0 amide bonds. The van der Waals surface area contributed by atoms with Gasteiger partial charge in [0, 0.05) is 12.4 Å². The molecule has 0 N–H and O–H groups in total. The molecule has 0 atom stereocenters. The Morgan fingerprint density at radius 3 is 2.48 bits per heavy atom. The molecule has 23 heavy (non-hydrogen) atoms. The highest BCUT2D eigenvalue weighted by atomic mass is 31.2. The number of hydrogen-bond donors (Lipinski definition) is 0. The van der Waals surface area contributed by atoms with Gasteiger partial charge < -0.3 is 13.8 Å². The average molecular weight is 341 g/mol. The predicted molar refractivity (Wildman–Crippen MR) is 83.5 cm³/mol. The number of fused-ring (bicyclic) bond motifs is 1. The summed E-state index contributed by atoms with van der Waals surface area (Å²) in [5.74, 6) is -0.182. The summed E-state index contributed by atoms with van der Waals surface area (Å²) in [6.07, 6.45) is 3.27. The number of esters is 1. The van der Waals surface area contributed by atoms with Gasteiger partial charge in [-0.15, -0.1) is 0 Å². The van der Waals surface area contributed by atoms with Crippen molar-refractivity contribution >= 4 is 19.3 Å². The first-order chi connectivity index (χ1) is 11.0. The van der Waals surface area contributed by atoms with Crippen LogP contribution in [0.2, 0.25) is 0 Å². The summed E-state index contributed by atoms with van der Waals surface area (Å²) in [5.41, 5.74) is 0.693. The van der Waals surface area contributed by atoms with Gasteiger partial charge in [0.05, 0.1) is 31.7 Å².